The number of nitrogens with zero attached hydrogens (tertiary/aromatic N) is 3. The van der Waals surface area contributed by atoms with Crippen molar-refractivity contribution < 1.29 is 0 Å². The van der Waals surface area contributed by atoms with E-state index in [2.05, 4.69) is 134 Å². The summed E-state index contributed by atoms with van der Waals surface area (Å²) < 4.78 is 2.22. The van der Waals surface area contributed by atoms with Crippen molar-refractivity contribution >= 4 is 27.9 Å². The Morgan fingerprint density at radius 3 is 1.89 bits per heavy atom. The van der Waals surface area contributed by atoms with Gasteiger partial charge in [0.1, 0.15) is 0 Å². The number of para-hydroxylation sites is 2. The minimum Gasteiger partial charge on any atom is -0.278 e. The molecule has 3 heteroatoms. The average Bonchev–Trinajstić information content (AvgIpc) is 3.42. The zero-order valence-electron chi connectivity index (χ0n) is 20.3. The molecule has 0 atom stereocenters. The molecule has 172 valence electrons. The molecule has 2 heterocycles. The van der Waals surface area contributed by atoms with Crippen LogP contribution in [0.4, 0.5) is 0 Å². The van der Waals surface area contributed by atoms with Crippen LogP contribution in [0.5, 0.6) is 0 Å². The van der Waals surface area contributed by atoms with Crippen LogP contribution in [-0.2, 0) is 5.41 Å². The van der Waals surface area contributed by atoms with Gasteiger partial charge in [-0.3, -0.25) is 4.57 Å². The summed E-state index contributed by atoms with van der Waals surface area (Å²) in [6.07, 6.45) is 4.44. The Balaban J connectivity index is 1.57. The van der Waals surface area contributed by atoms with E-state index in [1.54, 1.807) is 0 Å². The Kier molecular flexibility index (Phi) is 4.49. The van der Waals surface area contributed by atoms with Crippen molar-refractivity contribution in [1.82, 2.24) is 14.5 Å². The minimum atomic E-state index is -0.178. The first kappa shape index (κ1) is 20.8. The summed E-state index contributed by atoms with van der Waals surface area (Å²) in [5.74, 6) is 0.709. The van der Waals surface area contributed by atoms with E-state index >= 15 is 0 Å². The molecule has 0 bridgehead atoms. The monoisotopic (exact) mass is 463 g/mol. The lowest BCUT2D eigenvalue weighted by atomic mass is 9.90. The maximum atomic E-state index is 5.31. The van der Waals surface area contributed by atoms with Crippen molar-refractivity contribution in [2.45, 2.75) is 19.3 Å². The predicted molar refractivity (Wildman–Crippen MR) is 149 cm³/mol. The molecule has 6 aromatic rings. The smallest absolute Gasteiger partial charge is 0.235 e. The summed E-state index contributed by atoms with van der Waals surface area (Å²) in [5.41, 5.74) is 8.66. The normalized spacial score (nSPS) is 13.9. The average molecular weight is 464 g/mol. The van der Waals surface area contributed by atoms with Gasteiger partial charge >= 0.3 is 0 Å². The lowest BCUT2D eigenvalue weighted by Gasteiger charge is -2.20. The van der Waals surface area contributed by atoms with Gasteiger partial charge in [0.25, 0.3) is 0 Å². The second kappa shape index (κ2) is 7.76. The highest BCUT2D eigenvalue weighted by Crippen LogP contribution is 2.42. The van der Waals surface area contributed by atoms with Crippen molar-refractivity contribution in [2.75, 3.05) is 0 Å². The van der Waals surface area contributed by atoms with Crippen molar-refractivity contribution in [3.63, 3.8) is 0 Å². The predicted octanol–water partition coefficient (Wildman–Crippen LogP) is 8.21. The molecule has 0 saturated heterocycles. The fourth-order valence-corrected chi connectivity index (χ4v) is 5.48. The molecule has 0 spiro atoms. The van der Waals surface area contributed by atoms with Crippen LogP contribution >= 0.6 is 0 Å². The maximum Gasteiger partial charge on any atom is 0.235 e. The van der Waals surface area contributed by atoms with Gasteiger partial charge in [0.05, 0.1) is 22.4 Å². The van der Waals surface area contributed by atoms with Crippen LogP contribution in [0.1, 0.15) is 25.1 Å². The third kappa shape index (κ3) is 3.06. The molecular formula is C33H25N3. The van der Waals surface area contributed by atoms with E-state index in [-0.39, 0.29) is 5.41 Å². The highest BCUT2D eigenvalue weighted by molar-refractivity contribution is 6.09. The highest BCUT2D eigenvalue weighted by Gasteiger charge is 2.31. The zero-order valence-corrected chi connectivity index (χ0v) is 20.3. The summed E-state index contributed by atoms with van der Waals surface area (Å²) in [6, 6.07) is 36.1. The number of rotatable bonds is 3. The Morgan fingerprint density at radius 1 is 0.611 bits per heavy atom. The zero-order chi connectivity index (χ0) is 24.3. The molecule has 2 aromatic heterocycles. The van der Waals surface area contributed by atoms with E-state index in [1.165, 1.54) is 21.9 Å². The Labute approximate surface area is 210 Å². The van der Waals surface area contributed by atoms with Gasteiger partial charge in [-0.05, 0) is 23.3 Å². The number of aromatic nitrogens is 3. The van der Waals surface area contributed by atoms with Crippen molar-refractivity contribution in [3.05, 3.63) is 120 Å². The van der Waals surface area contributed by atoms with Crippen LogP contribution in [-0.4, -0.2) is 14.5 Å². The topological polar surface area (TPSA) is 30.7 Å². The third-order valence-electron chi connectivity index (χ3n) is 7.26. The Morgan fingerprint density at radius 2 is 1.19 bits per heavy atom. The number of benzene rings is 4. The second-order valence-corrected chi connectivity index (χ2v) is 9.97. The van der Waals surface area contributed by atoms with Crippen LogP contribution in [0.15, 0.2) is 109 Å². The summed E-state index contributed by atoms with van der Waals surface area (Å²) in [7, 11) is 0. The lowest BCUT2D eigenvalue weighted by Crippen LogP contribution is -2.17. The Hall–Kier alpha value is -4.50. The van der Waals surface area contributed by atoms with E-state index in [0.29, 0.717) is 5.95 Å². The fourth-order valence-electron chi connectivity index (χ4n) is 5.48. The van der Waals surface area contributed by atoms with Gasteiger partial charge in [-0.15, -0.1) is 0 Å². The molecule has 0 radical (unpaired) electrons. The SMILES string of the molecule is CC1(C)C=Cc2c(-c3ccccc3-c3ccccc3)nc(-n3c4ccccc4c4ccccc43)nc21. The third-order valence-corrected chi connectivity index (χ3v) is 7.26. The molecule has 4 aromatic carbocycles. The van der Waals surface area contributed by atoms with E-state index in [9.17, 15) is 0 Å². The Bertz CT molecular complexity index is 1750. The fraction of sp³-hybridized carbons (Fsp3) is 0.0909. The van der Waals surface area contributed by atoms with Crippen LogP contribution in [0.25, 0.3) is 56.2 Å². The number of allylic oxidation sites excluding steroid dienone is 1. The quantitative estimate of drug-likeness (QED) is 0.265. The molecule has 0 N–H and O–H groups in total. The van der Waals surface area contributed by atoms with E-state index in [4.69, 9.17) is 9.97 Å². The largest absolute Gasteiger partial charge is 0.278 e. The van der Waals surface area contributed by atoms with Crippen LogP contribution in [0.3, 0.4) is 0 Å². The number of fused-ring (bicyclic) bond motifs is 4. The standard InChI is InChI=1S/C33H25N3/c1-33(2)21-20-27-30(26-17-7-6-14-23(26)22-12-4-3-5-13-22)34-32(35-31(27)33)36-28-18-10-8-15-24(28)25-16-9-11-19-29(25)36/h3-21H,1-2H3. The summed E-state index contributed by atoms with van der Waals surface area (Å²) in [5, 5.41) is 2.42. The van der Waals surface area contributed by atoms with Crippen molar-refractivity contribution in [2.24, 2.45) is 0 Å². The van der Waals surface area contributed by atoms with Gasteiger partial charge in [-0.1, -0.05) is 117 Å². The second-order valence-electron chi connectivity index (χ2n) is 9.97. The molecule has 0 aliphatic heterocycles. The van der Waals surface area contributed by atoms with Gasteiger partial charge in [0.15, 0.2) is 0 Å². The van der Waals surface area contributed by atoms with Crippen LogP contribution in [0.2, 0.25) is 0 Å². The van der Waals surface area contributed by atoms with Gasteiger partial charge in [0, 0.05) is 27.3 Å². The molecule has 0 saturated carbocycles. The molecule has 36 heavy (non-hydrogen) atoms. The van der Waals surface area contributed by atoms with E-state index in [1.807, 2.05) is 0 Å². The molecule has 0 amide bonds. The molecule has 0 fully saturated rings. The molecular weight excluding hydrogens is 438 g/mol. The summed E-state index contributed by atoms with van der Waals surface area (Å²) in [4.78, 5) is 10.5. The lowest BCUT2D eigenvalue weighted by molar-refractivity contribution is 0.651. The first-order chi connectivity index (χ1) is 17.6. The van der Waals surface area contributed by atoms with Gasteiger partial charge in [-0.2, -0.15) is 0 Å². The van der Waals surface area contributed by atoms with Gasteiger partial charge in [-0.25, -0.2) is 9.97 Å². The number of hydrogen-bond acceptors (Lipinski definition) is 2. The van der Waals surface area contributed by atoms with Crippen molar-refractivity contribution in [1.29, 1.82) is 0 Å². The van der Waals surface area contributed by atoms with Crippen LogP contribution in [0, 0.1) is 0 Å². The van der Waals surface area contributed by atoms with E-state index in [0.717, 1.165) is 33.5 Å². The van der Waals surface area contributed by atoms with Gasteiger partial charge < -0.3 is 0 Å². The minimum absolute atomic E-state index is 0.178. The highest BCUT2D eigenvalue weighted by atomic mass is 15.2. The molecule has 7 rings (SSSR count). The maximum absolute atomic E-state index is 5.31. The molecule has 1 aliphatic rings. The van der Waals surface area contributed by atoms with Crippen molar-refractivity contribution in [3.8, 4) is 28.3 Å². The first-order valence-electron chi connectivity index (χ1n) is 12.4. The molecule has 3 nitrogen and oxygen atoms in total. The van der Waals surface area contributed by atoms with Crippen LogP contribution < -0.4 is 0 Å². The summed E-state index contributed by atoms with van der Waals surface area (Å²) >= 11 is 0. The number of hydrogen-bond donors (Lipinski definition) is 0. The summed E-state index contributed by atoms with van der Waals surface area (Å²) in [6.45, 7) is 4.45. The first-order valence-corrected chi connectivity index (χ1v) is 12.4. The van der Waals surface area contributed by atoms with E-state index < -0.39 is 0 Å². The van der Waals surface area contributed by atoms with Gasteiger partial charge in [0.2, 0.25) is 5.95 Å². The molecule has 0 unspecified atom stereocenters. The molecule has 1 aliphatic carbocycles.